The van der Waals surface area contributed by atoms with E-state index in [1.807, 2.05) is 45.0 Å². The van der Waals surface area contributed by atoms with Gasteiger partial charge in [-0.2, -0.15) is 0 Å². The highest BCUT2D eigenvalue weighted by Crippen LogP contribution is 2.23. The summed E-state index contributed by atoms with van der Waals surface area (Å²) in [5.74, 6) is -0.107. The van der Waals surface area contributed by atoms with Gasteiger partial charge in [0.25, 0.3) is 0 Å². The molecule has 1 N–H and O–H groups in total. The molecule has 27 heavy (non-hydrogen) atoms. The van der Waals surface area contributed by atoms with Gasteiger partial charge in [-0.15, -0.1) is 0 Å². The van der Waals surface area contributed by atoms with Crippen LogP contribution < -0.4 is 4.74 Å². The van der Waals surface area contributed by atoms with E-state index in [9.17, 15) is 4.79 Å². The van der Waals surface area contributed by atoms with Crippen molar-refractivity contribution in [2.75, 3.05) is 6.61 Å². The molecule has 5 nitrogen and oxygen atoms in total. The number of ether oxygens (including phenoxy) is 1. The zero-order valence-corrected chi connectivity index (χ0v) is 15.6. The van der Waals surface area contributed by atoms with E-state index in [0.29, 0.717) is 12.3 Å². The topological polar surface area (TPSA) is 63.8 Å². The maximum absolute atomic E-state index is 11.1. The molecule has 3 aromatic rings. The summed E-state index contributed by atoms with van der Waals surface area (Å²) in [7, 11) is 0. The van der Waals surface area contributed by atoms with Crippen molar-refractivity contribution in [1.29, 1.82) is 0 Å². The molecule has 0 spiro atoms. The number of aliphatic imine (C=N–C) groups is 1. The van der Waals surface area contributed by atoms with Crippen molar-refractivity contribution >= 4 is 17.9 Å². The van der Waals surface area contributed by atoms with Crippen LogP contribution in [-0.4, -0.2) is 28.5 Å². The third-order valence-electron chi connectivity index (χ3n) is 4.32. The Hall–Kier alpha value is -3.34. The van der Waals surface area contributed by atoms with Crippen LogP contribution in [0.3, 0.4) is 0 Å². The zero-order chi connectivity index (χ0) is 19.4. The van der Waals surface area contributed by atoms with Crippen LogP contribution in [0.1, 0.15) is 34.2 Å². The Kier molecular flexibility index (Phi) is 5.41. The van der Waals surface area contributed by atoms with Crippen LogP contribution in [0, 0.1) is 13.8 Å². The van der Waals surface area contributed by atoms with E-state index in [4.69, 9.17) is 9.84 Å². The Labute approximate surface area is 158 Å². The number of carboxylic acid groups (broad SMARTS) is 1. The molecular formula is C22H22N2O3. The quantitative estimate of drug-likeness (QED) is 0.632. The summed E-state index contributed by atoms with van der Waals surface area (Å²) in [6.07, 6.45) is 1.77. The predicted octanol–water partition coefficient (Wildman–Crippen LogP) is 4.94. The Balaban J connectivity index is 1.89. The highest BCUT2D eigenvalue weighted by molar-refractivity contribution is 5.89. The van der Waals surface area contributed by atoms with E-state index in [0.717, 1.165) is 28.4 Å². The molecule has 0 fully saturated rings. The lowest BCUT2D eigenvalue weighted by Gasteiger charge is -2.10. The first-order chi connectivity index (χ1) is 13.0. The van der Waals surface area contributed by atoms with Crippen LogP contribution >= 0.6 is 0 Å². The first kappa shape index (κ1) is 18.5. The highest BCUT2D eigenvalue weighted by Gasteiger charge is 2.10. The Morgan fingerprint density at radius 1 is 1.15 bits per heavy atom. The summed E-state index contributed by atoms with van der Waals surface area (Å²) in [6, 6.07) is 16.6. The first-order valence-electron chi connectivity index (χ1n) is 8.79. The van der Waals surface area contributed by atoms with Gasteiger partial charge < -0.3 is 14.4 Å². The minimum atomic E-state index is -0.958. The van der Waals surface area contributed by atoms with Gasteiger partial charge in [0, 0.05) is 28.9 Å². The highest BCUT2D eigenvalue weighted by atomic mass is 16.5. The van der Waals surface area contributed by atoms with Crippen molar-refractivity contribution < 1.29 is 14.6 Å². The van der Waals surface area contributed by atoms with Crippen molar-refractivity contribution in [2.45, 2.75) is 20.8 Å². The molecule has 0 radical (unpaired) electrons. The number of aromatic nitrogens is 1. The minimum Gasteiger partial charge on any atom is -0.494 e. The van der Waals surface area contributed by atoms with Gasteiger partial charge in [-0.05, 0) is 69.3 Å². The van der Waals surface area contributed by atoms with E-state index in [1.165, 1.54) is 0 Å². The number of aryl methyl sites for hydroxylation is 1. The lowest BCUT2D eigenvalue weighted by Crippen LogP contribution is -2.00. The van der Waals surface area contributed by atoms with E-state index in [2.05, 4.69) is 15.6 Å². The van der Waals surface area contributed by atoms with Crippen LogP contribution in [0.5, 0.6) is 5.75 Å². The van der Waals surface area contributed by atoms with E-state index in [-0.39, 0.29) is 5.56 Å². The Morgan fingerprint density at radius 2 is 1.89 bits per heavy atom. The SMILES string of the molecule is CCOc1ccc(-n2c(C)cc(C=Nc3cccc(C(=O)O)c3)c2C)cc1. The number of carbonyl (C=O) groups is 1. The van der Waals surface area contributed by atoms with Gasteiger partial charge in [-0.3, -0.25) is 4.99 Å². The van der Waals surface area contributed by atoms with Gasteiger partial charge in [0.1, 0.15) is 5.75 Å². The van der Waals surface area contributed by atoms with Gasteiger partial charge in [-0.1, -0.05) is 6.07 Å². The third-order valence-corrected chi connectivity index (χ3v) is 4.32. The van der Waals surface area contributed by atoms with Crippen molar-refractivity contribution in [3.63, 3.8) is 0 Å². The smallest absolute Gasteiger partial charge is 0.335 e. The van der Waals surface area contributed by atoms with Crippen molar-refractivity contribution in [2.24, 2.45) is 4.99 Å². The molecule has 0 aliphatic rings. The summed E-state index contributed by atoms with van der Waals surface area (Å²) in [5, 5.41) is 9.09. The number of benzene rings is 2. The lowest BCUT2D eigenvalue weighted by molar-refractivity contribution is 0.0697. The van der Waals surface area contributed by atoms with Crippen molar-refractivity contribution in [1.82, 2.24) is 4.57 Å². The Morgan fingerprint density at radius 3 is 2.56 bits per heavy atom. The number of rotatable bonds is 6. The normalized spacial score (nSPS) is 11.1. The van der Waals surface area contributed by atoms with Gasteiger partial charge >= 0.3 is 5.97 Å². The van der Waals surface area contributed by atoms with Crippen LogP contribution in [0.25, 0.3) is 5.69 Å². The molecular weight excluding hydrogens is 340 g/mol. The van der Waals surface area contributed by atoms with Crippen LogP contribution in [0.2, 0.25) is 0 Å². The number of aromatic carboxylic acids is 1. The number of hydrogen-bond donors (Lipinski definition) is 1. The number of carboxylic acids is 1. The molecule has 0 aliphatic carbocycles. The molecule has 1 aromatic heterocycles. The van der Waals surface area contributed by atoms with E-state index < -0.39 is 5.97 Å². The average Bonchev–Trinajstić information content (AvgIpc) is 2.95. The Bertz CT molecular complexity index is 985. The molecule has 3 rings (SSSR count). The fourth-order valence-corrected chi connectivity index (χ4v) is 3.04. The molecule has 0 unspecified atom stereocenters. The molecule has 0 saturated heterocycles. The second kappa shape index (κ2) is 7.91. The van der Waals surface area contributed by atoms with Gasteiger partial charge in [-0.25, -0.2) is 4.79 Å². The molecule has 0 saturated carbocycles. The molecule has 138 valence electrons. The average molecular weight is 362 g/mol. The van der Waals surface area contributed by atoms with Gasteiger partial charge in [0.15, 0.2) is 0 Å². The fourth-order valence-electron chi connectivity index (χ4n) is 3.04. The van der Waals surface area contributed by atoms with Gasteiger partial charge in [0.05, 0.1) is 17.9 Å². The van der Waals surface area contributed by atoms with Crippen LogP contribution in [-0.2, 0) is 0 Å². The summed E-state index contributed by atoms with van der Waals surface area (Å²) in [4.78, 5) is 15.5. The van der Waals surface area contributed by atoms with Crippen LogP contribution in [0.4, 0.5) is 5.69 Å². The minimum absolute atomic E-state index is 0.226. The summed E-state index contributed by atoms with van der Waals surface area (Å²) >= 11 is 0. The predicted molar refractivity (Wildman–Crippen MR) is 107 cm³/mol. The number of nitrogens with zero attached hydrogens (tertiary/aromatic N) is 2. The molecule has 2 aromatic carbocycles. The monoisotopic (exact) mass is 362 g/mol. The molecule has 5 heteroatoms. The first-order valence-corrected chi connectivity index (χ1v) is 8.79. The molecule has 0 amide bonds. The third kappa shape index (κ3) is 4.08. The zero-order valence-electron chi connectivity index (χ0n) is 15.6. The largest absolute Gasteiger partial charge is 0.494 e. The fraction of sp³-hybridized carbons (Fsp3) is 0.182. The second-order valence-electron chi connectivity index (χ2n) is 6.20. The molecule has 0 aliphatic heterocycles. The summed E-state index contributed by atoms with van der Waals surface area (Å²) in [6.45, 7) is 6.70. The summed E-state index contributed by atoms with van der Waals surface area (Å²) < 4.78 is 7.66. The van der Waals surface area contributed by atoms with Crippen molar-refractivity contribution in [3.8, 4) is 11.4 Å². The van der Waals surface area contributed by atoms with Gasteiger partial charge in [0.2, 0.25) is 0 Å². The standard InChI is InChI=1S/C22H22N2O3/c1-4-27-21-10-8-20(9-11-21)24-15(2)12-18(16(24)3)14-23-19-7-5-6-17(13-19)22(25)26/h5-14H,4H2,1-3H3,(H,25,26). The van der Waals surface area contributed by atoms with Crippen LogP contribution in [0.15, 0.2) is 59.6 Å². The van der Waals surface area contributed by atoms with Crippen molar-refractivity contribution in [3.05, 3.63) is 77.1 Å². The maximum Gasteiger partial charge on any atom is 0.335 e. The lowest BCUT2D eigenvalue weighted by atomic mass is 10.2. The van der Waals surface area contributed by atoms with E-state index in [1.54, 1.807) is 30.5 Å². The maximum atomic E-state index is 11.1. The molecule has 0 bridgehead atoms. The summed E-state index contributed by atoms with van der Waals surface area (Å²) in [5.41, 5.74) is 5.04. The second-order valence-corrected chi connectivity index (χ2v) is 6.20. The molecule has 1 heterocycles. The molecule has 0 atom stereocenters. The van der Waals surface area contributed by atoms with E-state index >= 15 is 0 Å². The number of hydrogen-bond acceptors (Lipinski definition) is 3.